The molecule has 2 rings (SSSR count). The molecule has 0 saturated carbocycles. The van der Waals surface area contributed by atoms with Crippen LogP contribution in [-0.4, -0.2) is 17.9 Å². The van der Waals surface area contributed by atoms with E-state index in [-0.39, 0.29) is 5.54 Å². The van der Waals surface area contributed by atoms with E-state index in [9.17, 15) is 4.79 Å². The summed E-state index contributed by atoms with van der Waals surface area (Å²) in [6, 6.07) is 6.37. The van der Waals surface area contributed by atoms with Crippen LogP contribution in [0.25, 0.3) is 5.57 Å². The first-order valence-electron chi connectivity index (χ1n) is 6.45. The average Bonchev–Trinajstić information content (AvgIpc) is 2.26. The summed E-state index contributed by atoms with van der Waals surface area (Å²) >= 11 is 0. The maximum atomic E-state index is 10.9. The molecular weight excluding hydrogens is 222 g/mol. The molecule has 0 spiro atoms. The summed E-state index contributed by atoms with van der Waals surface area (Å²) in [6.45, 7) is 11.0. The van der Waals surface area contributed by atoms with Gasteiger partial charge in [-0.1, -0.05) is 6.08 Å². The first kappa shape index (κ1) is 12.9. The van der Waals surface area contributed by atoms with Crippen molar-refractivity contribution in [3.63, 3.8) is 0 Å². The topological polar surface area (TPSA) is 20.3 Å². The minimum absolute atomic E-state index is 0.00788. The number of benzene rings is 1. The van der Waals surface area contributed by atoms with Crippen LogP contribution < -0.4 is 4.90 Å². The molecule has 0 fully saturated rings. The maximum Gasteiger partial charge on any atom is 0.150 e. The SMILES string of the molecule is CC1=CC(C)(C)N(C(C)C)c2ccc(C=O)cc21. The molecule has 0 saturated heterocycles. The van der Waals surface area contributed by atoms with Crippen LogP contribution in [0.15, 0.2) is 24.3 Å². The van der Waals surface area contributed by atoms with Crippen molar-refractivity contribution in [1.82, 2.24) is 0 Å². The van der Waals surface area contributed by atoms with Crippen LogP contribution in [0.1, 0.15) is 50.5 Å². The summed E-state index contributed by atoms with van der Waals surface area (Å²) in [4.78, 5) is 13.3. The van der Waals surface area contributed by atoms with Crippen molar-refractivity contribution in [2.75, 3.05) is 4.90 Å². The van der Waals surface area contributed by atoms with Gasteiger partial charge in [0.05, 0.1) is 5.54 Å². The van der Waals surface area contributed by atoms with Crippen LogP contribution >= 0.6 is 0 Å². The molecule has 0 amide bonds. The Kier molecular flexibility index (Phi) is 3.05. The van der Waals surface area contributed by atoms with Crippen molar-refractivity contribution in [2.24, 2.45) is 0 Å². The number of carbonyl (C=O) groups is 1. The van der Waals surface area contributed by atoms with E-state index in [0.29, 0.717) is 6.04 Å². The smallest absolute Gasteiger partial charge is 0.150 e. The highest BCUT2D eigenvalue weighted by Crippen LogP contribution is 2.40. The molecule has 1 aliphatic rings. The molecule has 0 aromatic heterocycles. The monoisotopic (exact) mass is 243 g/mol. The summed E-state index contributed by atoms with van der Waals surface area (Å²) in [5.74, 6) is 0. The van der Waals surface area contributed by atoms with E-state index in [1.165, 1.54) is 16.8 Å². The van der Waals surface area contributed by atoms with Gasteiger partial charge < -0.3 is 4.90 Å². The number of rotatable bonds is 2. The summed E-state index contributed by atoms with van der Waals surface area (Å²) in [6.07, 6.45) is 3.19. The molecule has 2 heteroatoms. The Morgan fingerprint density at radius 3 is 2.50 bits per heavy atom. The minimum atomic E-state index is 0.00788. The van der Waals surface area contributed by atoms with Crippen molar-refractivity contribution in [2.45, 2.75) is 46.2 Å². The zero-order chi connectivity index (χ0) is 13.5. The van der Waals surface area contributed by atoms with E-state index in [4.69, 9.17) is 0 Å². The number of fused-ring (bicyclic) bond motifs is 1. The number of nitrogens with zero attached hydrogens (tertiary/aromatic N) is 1. The van der Waals surface area contributed by atoms with Gasteiger partial charge in [0, 0.05) is 22.9 Å². The van der Waals surface area contributed by atoms with E-state index >= 15 is 0 Å². The third-order valence-electron chi connectivity index (χ3n) is 3.55. The minimum Gasteiger partial charge on any atom is -0.360 e. The first-order chi connectivity index (χ1) is 8.36. The van der Waals surface area contributed by atoms with Crippen LogP contribution in [0, 0.1) is 0 Å². The predicted molar refractivity (Wildman–Crippen MR) is 77.2 cm³/mol. The standard InChI is InChI=1S/C16H21NO/c1-11(2)17-15-7-6-13(10-18)8-14(15)12(3)9-16(17,4)5/h6-11H,1-5H3. The predicted octanol–water partition coefficient (Wildman–Crippen LogP) is 3.91. The van der Waals surface area contributed by atoms with Crippen LogP contribution in [0.4, 0.5) is 5.69 Å². The Balaban J connectivity index is 2.65. The van der Waals surface area contributed by atoms with Crippen molar-refractivity contribution >= 4 is 17.5 Å². The highest BCUT2D eigenvalue weighted by molar-refractivity contribution is 5.86. The van der Waals surface area contributed by atoms with Gasteiger partial charge in [-0.25, -0.2) is 0 Å². The quantitative estimate of drug-likeness (QED) is 0.734. The second-order valence-corrected chi connectivity index (χ2v) is 5.84. The van der Waals surface area contributed by atoms with E-state index in [0.717, 1.165) is 11.8 Å². The summed E-state index contributed by atoms with van der Waals surface area (Å²) in [7, 11) is 0. The number of anilines is 1. The fourth-order valence-corrected chi connectivity index (χ4v) is 3.08. The molecule has 2 nitrogen and oxygen atoms in total. The lowest BCUT2D eigenvalue weighted by atomic mass is 9.87. The van der Waals surface area contributed by atoms with Crippen molar-refractivity contribution in [3.05, 3.63) is 35.4 Å². The van der Waals surface area contributed by atoms with E-state index in [2.05, 4.69) is 51.7 Å². The van der Waals surface area contributed by atoms with Crippen LogP contribution in [0.3, 0.4) is 0 Å². The number of hydrogen-bond donors (Lipinski definition) is 0. The third-order valence-corrected chi connectivity index (χ3v) is 3.55. The second kappa shape index (κ2) is 4.27. The lowest BCUT2D eigenvalue weighted by Crippen LogP contribution is -2.49. The number of carbonyl (C=O) groups excluding carboxylic acids is 1. The van der Waals surface area contributed by atoms with E-state index < -0.39 is 0 Å². The molecular formula is C16H21NO. The number of aldehydes is 1. The molecule has 1 heterocycles. The van der Waals surface area contributed by atoms with Gasteiger partial charge in [0.1, 0.15) is 6.29 Å². The van der Waals surface area contributed by atoms with Gasteiger partial charge in [-0.2, -0.15) is 0 Å². The van der Waals surface area contributed by atoms with Gasteiger partial charge in [0.15, 0.2) is 0 Å². The Morgan fingerprint density at radius 1 is 1.28 bits per heavy atom. The lowest BCUT2D eigenvalue weighted by molar-refractivity contribution is 0.112. The van der Waals surface area contributed by atoms with Gasteiger partial charge in [-0.3, -0.25) is 4.79 Å². The van der Waals surface area contributed by atoms with E-state index in [1.807, 2.05) is 12.1 Å². The van der Waals surface area contributed by atoms with E-state index in [1.54, 1.807) is 0 Å². The molecule has 96 valence electrons. The van der Waals surface area contributed by atoms with Gasteiger partial charge in [-0.15, -0.1) is 0 Å². The van der Waals surface area contributed by atoms with Gasteiger partial charge in [-0.05, 0) is 58.4 Å². The number of allylic oxidation sites excluding steroid dienone is 1. The van der Waals surface area contributed by atoms with Crippen molar-refractivity contribution < 1.29 is 4.79 Å². The average molecular weight is 243 g/mol. The molecule has 0 aliphatic carbocycles. The van der Waals surface area contributed by atoms with Crippen LogP contribution in [-0.2, 0) is 0 Å². The van der Waals surface area contributed by atoms with Gasteiger partial charge >= 0.3 is 0 Å². The molecule has 1 aromatic rings. The Bertz CT molecular complexity index is 512. The third kappa shape index (κ3) is 1.96. The van der Waals surface area contributed by atoms with Crippen molar-refractivity contribution in [1.29, 1.82) is 0 Å². The van der Waals surface area contributed by atoms with Crippen molar-refractivity contribution in [3.8, 4) is 0 Å². The first-order valence-corrected chi connectivity index (χ1v) is 6.45. The normalized spacial score (nSPS) is 17.4. The summed E-state index contributed by atoms with van der Waals surface area (Å²) in [5.41, 5.74) is 4.39. The Morgan fingerprint density at radius 2 is 1.94 bits per heavy atom. The Hall–Kier alpha value is -1.57. The van der Waals surface area contributed by atoms with Gasteiger partial charge in [0.2, 0.25) is 0 Å². The summed E-state index contributed by atoms with van der Waals surface area (Å²) in [5, 5.41) is 0. The zero-order valence-electron chi connectivity index (χ0n) is 11.8. The second-order valence-electron chi connectivity index (χ2n) is 5.84. The number of hydrogen-bond acceptors (Lipinski definition) is 2. The van der Waals surface area contributed by atoms with Crippen LogP contribution in [0.2, 0.25) is 0 Å². The van der Waals surface area contributed by atoms with Gasteiger partial charge in [0.25, 0.3) is 0 Å². The molecule has 0 unspecified atom stereocenters. The molecule has 1 aliphatic heterocycles. The molecule has 0 bridgehead atoms. The fraction of sp³-hybridized carbons (Fsp3) is 0.438. The highest BCUT2D eigenvalue weighted by Gasteiger charge is 2.32. The Labute approximate surface area is 109 Å². The molecule has 0 N–H and O–H groups in total. The zero-order valence-corrected chi connectivity index (χ0v) is 11.8. The fourth-order valence-electron chi connectivity index (χ4n) is 3.08. The molecule has 1 aromatic carbocycles. The molecule has 18 heavy (non-hydrogen) atoms. The maximum absolute atomic E-state index is 10.9. The molecule has 0 radical (unpaired) electrons. The van der Waals surface area contributed by atoms with Crippen LogP contribution in [0.5, 0.6) is 0 Å². The largest absolute Gasteiger partial charge is 0.360 e. The summed E-state index contributed by atoms with van der Waals surface area (Å²) < 4.78 is 0. The lowest BCUT2D eigenvalue weighted by Gasteiger charge is -2.46. The highest BCUT2D eigenvalue weighted by atomic mass is 16.1. The molecule has 0 atom stereocenters.